The van der Waals surface area contributed by atoms with Gasteiger partial charge in [0.25, 0.3) is 5.91 Å². The van der Waals surface area contributed by atoms with Gasteiger partial charge in [0.15, 0.2) is 5.69 Å². The third-order valence-electron chi connectivity index (χ3n) is 5.73. The van der Waals surface area contributed by atoms with E-state index in [4.69, 9.17) is 0 Å². The summed E-state index contributed by atoms with van der Waals surface area (Å²) in [5.41, 5.74) is 2.73. The highest BCUT2D eigenvalue weighted by Gasteiger charge is 2.50. The normalized spacial score (nSPS) is 32.9. The Kier molecular flexibility index (Phi) is 2.48. The molecule has 5 rings (SSSR count). The topological polar surface area (TPSA) is 52.2 Å². The fourth-order valence-electron chi connectivity index (χ4n) is 4.79. The number of carbonyl (C=O) groups excluding carboxylic acids is 1. The zero-order chi connectivity index (χ0) is 14.8. The van der Waals surface area contributed by atoms with Gasteiger partial charge in [-0.05, 0) is 37.3 Å². The van der Waals surface area contributed by atoms with Crippen molar-refractivity contribution in [1.82, 2.24) is 20.0 Å². The van der Waals surface area contributed by atoms with E-state index in [0.29, 0.717) is 23.7 Å². The first-order chi connectivity index (χ1) is 10.7. The predicted octanol–water partition coefficient (Wildman–Crippen LogP) is 1.79. The lowest BCUT2D eigenvalue weighted by atomic mass is 9.89. The van der Waals surface area contributed by atoms with Crippen LogP contribution in [0.3, 0.4) is 0 Å². The van der Waals surface area contributed by atoms with Crippen LogP contribution in [0.2, 0.25) is 0 Å². The standard InChI is InChI=1S/C17H20N4O/c1-10-2-3-13-14(6-10)18-19-16(13)17(22)21-12-7-11-8-20(9-12)5-4-15(11)21/h2-3,6,11-12,15H,4-5,7-9H2,1H3,(H,18,19)/t11?,12-,15?/m0/s1. The number of likely N-dealkylation sites (tertiary alicyclic amines) is 1. The molecular weight excluding hydrogens is 276 g/mol. The smallest absolute Gasteiger partial charge is 0.275 e. The molecular formula is C17H20N4O. The first-order valence-corrected chi connectivity index (χ1v) is 8.20. The molecule has 0 radical (unpaired) electrons. The molecule has 3 saturated heterocycles. The van der Waals surface area contributed by atoms with Crippen LogP contribution in [0.25, 0.3) is 10.9 Å². The quantitative estimate of drug-likeness (QED) is 0.873. The molecule has 114 valence electrons. The summed E-state index contributed by atoms with van der Waals surface area (Å²) in [6, 6.07) is 6.93. The Balaban J connectivity index is 1.56. The minimum absolute atomic E-state index is 0.122. The number of piperidine rings is 2. The number of aromatic nitrogens is 2. The lowest BCUT2D eigenvalue weighted by Crippen LogP contribution is -2.44. The number of hydrogen-bond acceptors (Lipinski definition) is 3. The van der Waals surface area contributed by atoms with Crippen LogP contribution >= 0.6 is 0 Å². The molecule has 5 nitrogen and oxygen atoms in total. The highest BCUT2D eigenvalue weighted by atomic mass is 16.2. The highest BCUT2D eigenvalue weighted by Crippen LogP contribution is 2.41. The molecule has 3 fully saturated rings. The van der Waals surface area contributed by atoms with Crippen molar-refractivity contribution in [1.29, 1.82) is 0 Å². The van der Waals surface area contributed by atoms with E-state index in [1.165, 1.54) is 18.5 Å². The van der Waals surface area contributed by atoms with Crippen molar-refractivity contribution in [3.8, 4) is 0 Å². The molecule has 5 heteroatoms. The van der Waals surface area contributed by atoms with Crippen molar-refractivity contribution >= 4 is 16.8 Å². The maximum absolute atomic E-state index is 13.2. The Hall–Kier alpha value is -1.88. The molecule has 3 unspecified atom stereocenters. The highest BCUT2D eigenvalue weighted by molar-refractivity contribution is 6.05. The third-order valence-corrected chi connectivity index (χ3v) is 5.73. The Morgan fingerprint density at radius 3 is 3.18 bits per heavy atom. The van der Waals surface area contributed by atoms with Gasteiger partial charge in [-0.25, -0.2) is 0 Å². The van der Waals surface area contributed by atoms with Crippen molar-refractivity contribution in [2.45, 2.75) is 31.8 Å². The molecule has 1 aromatic carbocycles. The van der Waals surface area contributed by atoms with Gasteiger partial charge in [0.05, 0.1) is 5.52 Å². The van der Waals surface area contributed by atoms with E-state index in [1.807, 2.05) is 12.1 Å². The first kappa shape index (κ1) is 12.6. The van der Waals surface area contributed by atoms with Gasteiger partial charge in [-0.2, -0.15) is 5.10 Å². The number of rotatable bonds is 1. The van der Waals surface area contributed by atoms with E-state index in [1.54, 1.807) is 0 Å². The summed E-state index contributed by atoms with van der Waals surface area (Å²) in [4.78, 5) is 17.8. The van der Waals surface area contributed by atoms with Gasteiger partial charge in [0.1, 0.15) is 0 Å². The van der Waals surface area contributed by atoms with Crippen molar-refractivity contribution < 1.29 is 4.79 Å². The number of benzene rings is 1. The number of aryl methyl sites for hydroxylation is 1. The van der Waals surface area contributed by atoms with Gasteiger partial charge in [-0.3, -0.25) is 9.89 Å². The minimum atomic E-state index is 0.122. The van der Waals surface area contributed by atoms with Crippen LogP contribution in [0.15, 0.2) is 18.2 Å². The van der Waals surface area contributed by atoms with Crippen LogP contribution in [-0.4, -0.2) is 57.6 Å². The Morgan fingerprint density at radius 2 is 2.27 bits per heavy atom. The summed E-state index contributed by atoms with van der Waals surface area (Å²) in [6.45, 7) is 5.41. The van der Waals surface area contributed by atoms with E-state index >= 15 is 0 Å². The number of nitrogens with zero attached hydrogens (tertiary/aromatic N) is 3. The second-order valence-corrected chi connectivity index (χ2v) is 7.10. The molecule has 4 atom stereocenters. The molecule has 0 spiro atoms. The van der Waals surface area contributed by atoms with Gasteiger partial charge >= 0.3 is 0 Å². The van der Waals surface area contributed by atoms with Crippen LogP contribution in [0.5, 0.6) is 0 Å². The number of amides is 1. The zero-order valence-electron chi connectivity index (χ0n) is 12.7. The molecule has 3 bridgehead atoms. The summed E-state index contributed by atoms with van der Waals surface area (Å²) in [6.07, 6.45) is 2.29. The van der Waals surface area contributed by atoms with Gasteiger partial charge in [0, 0.05) is 37.1 Å². The van der Waals surface area contributed by atoms with Crippen molar-refractivity contribution in [2.24, 2.45) is 5.92 Å². The zero-order valence-corrected chi connectivity index (χ0v) is 12.7. The summed E-state index contributed by atoms with van der Waals surface area (Å²) in [5, 5.41) is 8.33. The maximum Gasteiger partial charge on any atom is 0.275 e. The minimum Gasteiger partial charge on any atom is -0.330 e. The van der Waals surface area contributed by atoms with Crippen molar-refractivity contribution in [3.05, 3.63) is 29.5 Å². The van der Waals surface area contributed by atoms with Gasteiger partial charge in [-0.1, -0.05) is 12.1 Å². The molecule has 1 N–H and O–H groups in total. The number of H-pyrrole nitrogens is 1. The average molecular weight is 296 g/mol. The van der Waals surface area contributed by atoms with E-state index in [-0.39, 0.29) is 5.91 Å². The molecule has 0 saturated carbocycles. The van der Waals surface area contributed by atoms with Crippen LogP contribution < -0.4 is 0 Å². The maximum atomic E-state index is 13.2. The fourth-order valence-corrected chi connectivity index (χ4v) is 4.79. The predicted molar refractivity (Wildman–Crippen MR) is 83.7 cm³/mol. The Morgan fingerprint density at radius 1 is 1.36 bits per heavy atom. The van der Waals surface area contributed by atoms with E-state index in [2.05, 4.69) is 33.0 Å². The monoisotopic (exact) mass is 296 g/mol. The molecule has 1 amide bonds. The van der Waals surface area contributed by atoms with Crippen LogP contribution in [0.1, 0.15) is 28.9 Å². The van der Waals surface area contributed by atoms with E-state index in [9.17, 15) is 4.79 Å². The van der Waals surface area contributed by atoms with Crippen LogP contribution in [-0.2, 0) is 0 Å². The number of fused-ring (bicyclic) bond motifs is 3. The number of aromatic amines is 1. The lowest BCUT2D eigenvalue weighted by Gasteiger charge is -2.35. The molecule has 3 aliphatic heterocycles. The molecule has 1 aromatic heterocycles. The number of carbonyl (C=O) groups is 1. The second-order valence-electron chi connectivity index (χ2n) is 7.10. The second kappa shape index (κ2) is 4.32. The first-order valence-electron chi connectivity index (χ1n) is 8.20. The molecule has 0 aliphatic carbocycles. The van der Waals surface area contributed by atoms with E-state index in [0.717, 1.165) is 30.4 Å². The molecule has 2 aromatic rings. The van der Waals surface area contributed by atoms with Crippen LogP contribution in [0, 0.1) is 12.8 Å². The summed E-state index contributed by atoms with van der Waals surface area (Å²) in [7, 11) is 0. The summed E-state index contributed by atoms with van der Waals surface area (Å²) >= 11 is 0. The van der Waals surface area contributed by atoms with E-state index < -0.39 is 0 Å². The molecule has 22 heavy (non-hydrogen) atoms. The van der Waals surface area contributed by atoms with Crippen LogP contribution in [0.4, 0.5) is 0 Å². The molecule has 3 aliphatic rings. The number of nitrogens with one attached hydrogen (secondary N) is 1. The fraction of sp³-hybridized carbons (Fsp3) is 0.529. The Labute approximate surface area is 129 Å². The van der Waals surface area contributed by atoms with Crippen molar-refractivity contribution in [3.63, 3.8) is 0 Å². The van der Waals surface area contributed by atoms with Gasteiger partial charge < -0.3 is 9.80 Å². The third kappa shape index (κ3) is 1.63. The summed E-state index contributed by atoms with van der Waals surface area (Å²) in [5.74, 6) is 0.792. The lowest BCUT2D eigenvalue weighted by molar-refractivity contribution is 0.0668. The largest absolute Gasteiger partial charge is 0.330 e. The average Bonchev–Trinajstić information content (AvgIpc) is 2.98. The molecule has 4 heterocycles. The van der Waals surface area contributed by atoms with Gasteiger partial charge in [-0.15, -0.1) is 0 Å². The number of hydrogen-bond donors (Lipinski definition) is 1. The SMILES string of the molecule is Cc1ccc2c(C(=O)N3C4CCN5CC4C[C@H]3C5)n[nH]c2c1. The Bertz CT molecular complexity index is 767. The van der Waals surface area contributed by atoms with Crippen molar-refractivity contribution in [2.75, 3.05) is 19.6 Å². The summed E-state index contributed by atoms with van der Waals surface area (Å²) < 4.78 is 0. The van der Waals surface area contributed by atoms with Gasteiger partial charge in [0.2, 0.25) is 0 Å².